The average Bonchev–Trinajstić information content (AvgIpc) is 2.33. The van der Waals surface area contributed by atoms with Crippen molar-refractivity contribution in [3.05, 3.63) is 0 Å². The second kappa shape index (κ2) is 8.48. The third-order valence-electron chi connectivity index (χ3n) is 3.13. The van der Waals surface area contributed by atoms with Gasteiger partial charge in [0, 0.05) is 39.1 Å². The molecule has 4 nitrogen and oxygen atoms in total. The lowest BCUT2D eigenvalue weighted by Gasteiger charge is -2.27. The highest BCUT2D eigenvalue weighted by Gasteiger charge is 2.08. The maximum Gasteiger partial charge on any atom is 0.220 e. The molecule has 1 fully saturated rings. The van der Waals surface area contributed by atoms with E-state index in [-0.39, 0.29) is 5.91 Å². The fourth-order valence-corrected chi connectivity index (χ4v) is 1.97. The van der Waals surface area contributed by atoms with Crippen molar-refractivity contribution in [2.24, 2.45) is 5.92 Å². The first-order valence-corrected chi connectivity index (χ1v) is 6.88. The molecule has 1 amide bonds. The van der Waals surface area contributed by atoms with Crippen LogP contribution in [0.3, 0.4) is 0 Å². The molecule has 0 bridgehead atoms. The lowest BCUT2D eigenvalue weighted by Crippen LogP contribution is -2.44. The molecule has 1 aliphatic rings. The lowest BCUT2D eigenvalue weighted by molar-refractivity contribution is -0.121. The third-order valence-corrected chi connectivity index (χ3v) is 3.13. The molecule has 0 atom stereocenters. The van der Waals surface area contributed by atoms with Crippen molar-refractivity contribution in [2.45, 2.75) is 33.1 Å². The summed E-state index contributed by atoms with van der Waals surface area (Å²) in [5, 5.41) is 6.34. The van der Waals surface area contributed by atoms with E-state index < -0.39 is 0 Å². The number of piperazine rings is 1. The van der Waals surface area contributed by atoms with Crippen molar-refractivity contribution in [1.82, 2.24) is 15.5 Å². The van der Waals surface area contributed by atoms with Crippen molar-refractivity contribution in [3.8, 4) is 0 Å². The molecule has 0 unspecified atom stereocenters. The largest absolute Gasteiger partial charge is 0.356 e. The van der Waals surface area contributed by atoms with E-state index in [1.807, 2.05) is 0 Å². The molecule has 0 aromatic heterocycles. The van der Waals surface area contributed by atoms with Gasteiger partial charge in [-0.3, -0.25) is 4.79 Å². The zero-order valence-corrected chi connectivity index (χ0v) is 11.3. The molecule has 100 valence electrons. The summed E-state index contributed by atoms with van der Waals surface area (Å²) in [6.45, 7) is 10.7. The Labute approximate surface area is 105 Å². The van der Waals surface area contributed by atoms with E-state index in [4.69, 9.17) is 0 Å². The van der Waals surface area contributed by atoms with Crippen LogP contribution in [-0.4, -0.2) is 50.1 Å². The Morgan fingerprint density at radius 2 is 2.06 bits per heavy atom. The number of carbonyl (C=O) groups is 1. The minimum Gasteiger partial charge on any atom is -0.356 e. The van der Waals surface area contributed by atoms with E-state index in [2.05, 4.69) is 29.4 Å². The lowest BCUT2D eigenvalue weighted by atomic mass is 10.1. The van der Waals surface area contributed by atoms with Crippen molar-refractivity contribution in [2.75, 3.05) is 39.3 Å². The van der Waals surface area contributed by atoms with Crippen molar-refractivity contribution >= 4 is 5.91 Å². The Balaban J connectivity index is 1.94. The van der Waals surface area contributed by atoms with Gasteiger partial charge in [0.15, 0.2) is 0 Å². The summed E-state index contributed by atoms with van der Waals surface area (Å²) in [5.41, 5.74) is 0. The Hall–Kier alpha value is -0.610. The van der Waals surface area contributed by atoms with Gasteiger partial charge in [0.05, 0.1) is 0 Å². The van der Waals surface area contributed by atoms with Gasteiger partial charge in [0.2, 0.25) is 5.91 Å². The maximum absolute atomic E-state index is 11.5. The number of rotatable bonds is 7. The first kappa shape index (κ1) is 14.5. The highest BCUT2D eigenvalue weighted by Crippen LogP contribution is 2.02. The number of hydrogen-bond donors (Lipinski definition) is 2. The van der Waals surface area contributed by atoms with Crippen LogP contribution in [0.2, 0.25) is 0 Å². The summed E-state index contributed by atoms with van der Waals surface area (Å²) in [6, 6.07) is 0. The molecular formula is C13H27N3O. The molecule has 0 aromatic rings. The van der Waals surface area contributed by atoms with Crippen LogP contribution < -0.4 is 10.6 Å². The smallest absolute Gasteiger partial charge is 0.220 e. The van der Waals surface area contributed by atoms with Crippen LogP contribution in [0.4, 0.5) is 0 Å². The molecular weight excluding hydrogens is 214 g/mol. The number of hydrogen-bond acceptors (Lipinski definition) is 3. The second-order valence-corrected chi connectivity index (χ2v) is 5.23. The first-order valence-electron chi connectivity index (χ1n) is 6.88. The van der Waals surface area contributed by atoms with Crippen LogP contribution in [0.1, 0.15) is 33.1 Å². The Kier molecular flexibility index (Phi) is 7.21. The molecule has 0 aromatic carbocycles. The SMILES string of the molecule is CC(C)CCC(=O)NCCCN1CCNCC1. The fraction of sp³-hybridized carbons (Fsp3) is 0.923. The normalized spacial score (nSPS) is 17.4. The monoisotopic (exact) mass is 241 g/mol. The molecule has 1 aliphatic heterocycles. The molecule has 0 saturated carbocycles. The number of nitrogens with zero attached hydrogens (tertiary/aromatic N) is 1. The van der Waals surface area contributed by atoms with Crippen LogP contribution in [0.25, 0.3) is 0 Å². The van der Waals surface area contributed by atoms with Crippen LogP contribution >= 0.6 is 0 Å². The molecule has 0 aliphatic carbocycles. The molecule has 17 heavy (non-hydrogen) atoms. The van der Waals surface area contributed by atoms with Gasteiger partial charge in [0.25, 0.3) is 0 Å². The fourth-order valence-electron chi connectivity index (χ4n) is 1.97. The number of nitrogens with one attached hydrogen (secondary N) is 2. The van der Waals surface area contributed by atoms with Gasteiger partial charge >= 0.3 is 0 Å². The summed E-state index contributed by atoms with van der Waals surface area (Å²) in [4.78, 5) is 13.9. The van der Waals surface area contributed by atoms with Gasteiger partial charge in [0.1, 0.15) is 0 Å². The summed E-state index contributed by atoms with van der Waals surface area (Å²) in [7, 11) is 0. The van der Waals surface area contributed by atoms with Gasteiger partial charge in [-0.05, 0) is 25.3 Å². The molecule has 2 N–H and O–H groups in total. The minimum absolute atomic E-state index is 0.207. The van der Waals surface area contributed by atoms with E-state index in [0.717, 1.165) is 52.1 Å². The molecule has 1 heterocycles. The maximum atomic E-state index is 11.5. The summed E-state index contributed by atoms with van der Waals surface area (Å²) >= 11 is 0. The van der Waals surface area contributed by atoms with Gasteiger partial charge in [-0.15, -0.1) is 0 Å². The van der Waals surface area contributed by atoms with E-state index in [0.29, 0.717) is 12.3 Å². The Morgan fingerprint density at radius 3 is 2.71 bits per heavy atom. The predicted molar refractivity (Wildman–Crippen MR) is 71.0 cm³/mol. The average molecular weight is 241 g/mol. The van der Waals surface area contributed by atoms with Gasteiger partial charge in [-0.1, -0.05) is 13.8 Å². The standard InChI is InChI=1S/C13H27N3O/c1-12(2)4-5-13(17)15-6-3-9-16-10-7-14-8-11-16/h12,14H,3-11H2,1-2H3,(H,15,17). The van der Waals surface area contributed by atoms with Crippen molar-refractivity contribution in [3.63, 3.8) is 0 Å². The number of amides is 1. The third kappa shape index (κ3) is 7.34. The quantitative estimate of drug-likeness (QED) is 0.649. The summed E-state index contributed by atoms with van der Waals surface area (Å²) in [5.74, 6) is 0.820. The van der Waals surface area contributed by atoms with E-state index >= 15 is 0 Å². The van der Waals surface area contributed by atoms with Crippen molar-refractivity contribution in [1.29, 1.82) is 0 Å². The molecule has 0 radical (unpaired) electrons. The number of carbonyl (C=O) groups excluding carboxylic acids is 1. The molecule has 0 spiro atoms. The highest BCUT2D eigenvalue weighted by molar-refractivity contribution is 5.75. The Bertz CT molecular complexity index is 213. The minimum atomic E-state index is 0.207. The van der Waals surface area contributed by atoms with E-state index in [1.165, 1.54) is 0 Å². The molecule has 4 heteroatoms. The predicted octanol–water partition coefficient (Wildman–Crippen LogP) is 0.834. The van der Waals surface area contributed by atoms with Crippen LogP contribution in [-0.2, 0) is 4.79 Å². The highest BCUT2D eigenvalue weighted by atomic mass is 16.1. The van der Waals surface area contributed by atoms with Gasteiger partial charge in [-0.2, -0.15) is 0 Å². The van der Waals surface area contributed by atoms with E-state index in [1.54, 1.807) is 0 Å². The van der Waals surface area contributed by atoms with Crippen LogP contribution in [0.5, 0.6) is 0 Å². The van der Waals surface area contributed by atoms with Gasteiger partial charge in [-0.25, -0.2) is 0 Å². The summed E-state index contributed by atoms with van der Waals surface area (Å²) < 4.78 is 0. The van der Waals surface area contributed by atoms with Crippen molar-refractivity contribution < 1.29 is 4.79 Å². The van der Waals surface area contributed by atoms with Crippen LogP contribution in [0, 0.1) is 5.92 Å². The molecule has 1 saturated heterocycles. The molecule has 1 rings (SSSR count). The first-order chi connectivity index (χ1) is 8.18. The topological polar surface area (TPSA) is 44.4 Å². The van der Waals surface area contributed by atoms with Crippen LogP contribution in [0.15, 0.2) is 0 Å². The Morgan fingerprint density at radius 1 is 1.35 bits per heavy atom. The second-order valence-electron chi connectivity index (χ2n) is 5.23. The van der Waals surface area contributed by atoms with E-state index in [9.17, 15) is 4.79 Å². The zero-order chi connectivity index (χ0) is 12.5. The zero-order valence-electron chi connectivity index (χ0n) is 11.3. The van der Waals surface area contributed by atoms with Gasteiger partial charge < -0.3 is 15.5 Å². The summed E-state index contributed by atoms with van der Waals surface area (Å²) in [6.07, 6.45) is 2.72.